The summed E-state index contributed by atoms with van der Waals surface area (Å²) < 4.78 is 11.7. The molecule has 1 fully saturated rings. The topological polar surface area (TPSA) is 105 Å². The second kappa shape index (κ2) is 10.6. The van der Waals surface area contributed by atoms with Gasteiger partial charge in [-0.1, -0.05) is 29.8 Å². The molecule has 1 aliphatic rings. The minimum absolute atomic E-state index is 0.0184. The molecular weight excluding hydrogens is 408 g/mol. The number of carbonyl (C=O) groups excluding carboxylic acids is 1. The second-order valence-corrected chi connectivity index (χ2v) is 7.87. The van der Waals surface area contributed by atoms with Gasteiger partial charge in [-0.3, -0.25) is 9.69 Å². The lowest BCUT2D eigenvalue weighted by Gasteiger charge is -2.25. The van der Waals surface area contributed by atoms with E-state index in [9.17, 15) is 15.0 Å². The average Bonchev–Trinajstić information content (AvgIpc) is 3.09. The summed E-state index contributed by atoms with van der Waals surface area (Å²) in [6, 6.07) is 14.2. The number of likely N-dealkylation sites (tertiary alicyclic amines) is 1. The maximum atomic E-state index is 11.2. The highest BCUT2D eigenvalue weighted by molar-refractivity contribution is 6.30. The minimum Gasteiger partial charge on any atom is -0.491 e. The standard InChI is InChI=1S/C22H27ClN2O5/c23-16-5-7-19(8-6-16)30-20-10-17(13-26)25(12-20)11-18(27)14-29-21-4-2-1-3-15(21)9-22(24)28/h1-8,17-18,20,26-27H,9-14H2,(H2,24,28)/t17-,18-,20-/m0/s1. The molecule has 0 aliphatic carbocycles. The summed E-state index contributed by atoms with van der Waals surface area (Å²) in [5, 5.41) is 20.8. The van der Waals surface area contributed by atoms with Crippen LogP contribution in [0.5, 0.6) is 11.5 Å². The first-order chi connectivity index (χ1) is 14.4. The van der Waals surface area contributed by atoms with Crippen LogP contribution in [0.2, 0.25) is 5.02 Å². The summed E-state index contributed by atoms with van der Waals surface area (Å²) in [4.78, 5) is 13.2. The monoisotopic (exact) mass is 434 g/mol. The van der Waals surface area contributed by atoms with Crippen molar-refractivity contribution >= 4 is 17.5 Å². The van der Waals surface area contributed by atoms with Crippen LogP contribution in [-0.2, 0) is 11.2 Å². The number of halogens is 1. The van der Waals surface area contributed by atoms with Gasteiger partial charge >= 0.3 is 0 Å². The van der Waals surface area contributed by atoms with Gasteiger partial charge in [0.15, 0.2) is 0 Å². The molecule has 7 nitrogen and oxygen atoms in total. The van der Waals surface area contributed by atoms with E-state index in [0.29, 0.717) is 35.8 Å². The normalized spacial score (nSPS) is 20.1. The number of benzene rings is 2. The first kappa shape index (κ1) is 22.4. The van der Waals surface area contributed by atoms with E-state index in [0.717, 1.165) is 5.75 Å². The van der Waals surface area contributed by atoms with Crippen LogP contribution in [0, 0.1) is 0 Å². The van der Waals surface area contributed by atoms with E-state index in [1.807, 2.05) is 17.0 Å². The van der Waals surface area contributed by atoms with Crippen LogP contribution in [0.25, 0.3) is 0 Å². The lowest BCUT2D eigenvalue weighted by Crippen LogP contribution is -2.40. The van der Waals surface area contributed by atoms with Crippen LogP contribution >= 0.6 is 11.6 Å². The molecule has 1 aliphatic heterocycles. The van der Waals surface area contributed by atoms with Crippen LogP contribution in [-0.4, -0.2) is 65.6 Å². The highest BCUT2D eigenvalue weighted by atomic mass is 35.5. The van der Waals surface area contributed by atoms with Gasteiger partial charge in [-0.15, -0.1) is 0 Å². The zero-order valence-corrected chi connectivity index (χ0v) is 17.4. The summed E-state index contributed by atoms with van der Waals surface area (Å²) >= 11 is 5.90. The predicted molar refractivity (Wildman–Crippen MR) is 114 cm³/mol. The van der Waals surface area contributed by atoms with Gasteiger partial charge in [0.25, 0.3) is 0 Å². The van der Waals surface area contributed by atoms with Gasteiger partial charge in [0.1, 0.15) is 30.3 Å². The Morgan fingerprint density at radius 3 is 2.67 bits per heavy atom. The van der Waals surface area contributed by atoms with Crippen LogP contribution in [0.4, 0.5) is 0 Å². The van der Waals surface area contributed by atoms with Gasteiger partial charge < -0.3 is 25.4 Å². The van der Waals surface area contributed by atoms with Crippen molar-refractivity contribution in [2.24, 2.45) is 5.73 Å². The molecule has 1 heterocycles. The average molecular weight is 435 g/mol. The Kier molecular flexibility index (Phi) is 7.93. The number of nitrogens with two attached hydrogens (primary N) is 1. The number of rotatable bonds is 10. The number of amides is 1. The molecule has 1 saturated heterocycles. The maximum absolute atomic E-state index is 11.2. The molecule has 2 aromatic carbocycles. The molecule has 0 saturated carbocycles. The van der Waals surface area contributed by atoms with Crippen LogP contribution in [0.15, 0.2) is 48.5 Å². The quantitative estimate of drug-likeness (QED) is 0.525. The van der Waals surface area contributed by atoms with Gasteiger partial charge in [0.2, 0.25) is 5.91 Å². The Bertz CT molecular complexity index is 833. The number of hydrogen-bond donors (Lipinski definition) is 3. The van der Waals surface area contributed by atoms with Gasteiger partial charge in [-0.25, -0.2) is 0 Å². The highest BCUT2D eigenvalue weighted by Crippen LogP contribution is 2.25. The summed E-state index contributed by atoms with van der Waals surface area (Å²) in [7, 11) is 0. The molecule has 0 unspecified atom stereocenters. The highest BCUT2D eigenvalue weighted by Gasteiger charge is 2.34. The SMILES string of the molecule is NC(=O)Cc1ccccc1OC[C@@H](O)CN1C[C@@H](Oc2ccc(Cl)cc2)C[C@H]1CO. The Hall–Kier alpha value is -2.32. The zero-order valence-electron chi connectivity index (χ0n) is 16.6. The largest absolute Gasteiger partial charge is 0.491 e. The number of ether oxygens (including phenoxy) is 2. The number of para-hydroxylation sites is 1. The van der Waals surface area contributed by atoms with Crippen molar-refractivity contribution in [3.05, 3.63) is 59.1 Å². The summed E-state index contributed by atoms with van der Waals surface area (Å²) in [5.74, 6) is 0.804. The van der Waals surface area contributed by atoms with Gasteiger partial charge in [-0.2, -0.15) is 0 Å². The molecule has 3 atom stereocenters. The predicted octanol–water partition coefficient (Wildman–Crippen LogP) is 1.62. The Morgan fingerprint density at radius 2 is 1.97 bits per heavy atom. The van der Waals surface area contributed by atoms with E-state index in [1.165, 1.54) is 0 Å². The Morgan fingerprint density at radius 1 is 1.23 bits per heavy atom. The fourth-order valence-electron chi connectivity index (χ4n) is 3.63. The summed E-state index contributed by atoms with van der Waals surface area (Å²) in [6.07, 6.45) is -0.120. The van der Waals surface area contributed by atoms with E-state index in [4.69, 9.17) is 26.8 Å². The Balaban J connectivity index is 1.52. The molecule has 162 valence electrons. The van der Waals surface area contributed by atoms with Crippen molar-refractivity contribution in [3.63, 3.8) is 0 Å². The number of primary amides is 1. The molecule has 8 heteroatoms. The second-order valence-electron chi connectivity index (χ2n) is 7.44. The van der Waals surface area contributed by atoms with Crippen LogP contribution in [0.1, 0.15) is 12.0 Å². The third-order valence-electron chi connectivity index (χ3n) is 5.03. The molecule has 4 N–H and O–H groups in total. The van der Waals surface area contributed by atoms with E-state index >= 15 is 0 Å². The van der Waals surface area contributed by atoms with E-state index in [1.54, 1.807) is 36.4 Å². The van der Waals surface area contributed by atoms with Gasteiger partial charge in [-0.05, 0) is 30.3 Å². The minimum atomic E-state index is -0.769. The number of aliphatic hydroxyl groups excluding tert-OH is 2. The lowest BCUT2D eigenvalue weighted by atomic mass is 10.1. The van der Waals surface area contributed by atoms with E-state index in [2.05, 4.69) is 0 Å². The van der Waals surface area contributed by atoms with E-state index < -0.39 is 12.0 Å². The molecule has 2 aromatic rings. The maximum Gasteiger partial charge on any atom is 0.221 e. The molecule has 3 rings (SSSR count). The first-order valence-electron chi connectivity index (χ1n) is 9.88. The van der Waals surface area contributed by atoms with Crippen molar-refractivity contribution in [2.45, 2.75) is 31.1 Å². The number of nitrogens with zero attached hydrogens (tertiary/aromatic N) is 1. The smallest absolute Gasteiger partial charge is 0.221 e. The fraction of sp³-hybridized carbons (Fsp3) is 0.409. The molecular formula is C22H27ClN2O5. The van der Waals surface area contributed by atoms with Crippen LogP contribution < -0.4 is 15.2 Å². The number of β-amino-alcohol motifs (C(OH)–C–C–N with tert-alkyl or cyclic N) is 1. The van der Waals surface area contributed by atoms with Crippen molar-refractivity contribution in [1.82, 2.24) is 4.90 Å². The molecule has 30 heavy (non-hydrogen) atoms. The zero-order chi connectivity index (χ0) is 21.5. The van der Waals surface area contributed by atoms with Crippen molar-refractivity contribution in [2.75, 3.05) is 26.3 Å². The molecule has 0 spiro atoms. The molecule has 1 amide bonds. The number of carbonyl (C=O) groups is 1. The van der Waals surface area contributed by atoms with E-state index in [-0.39, 0.29) is 31.8 Å². The van der Waals surface area contributed by atoms with Crippen molar-refractivity contribution < 1.29 is 24.5 Å². The number of aliphatic hydroxyl groups is 2. The van der Waals surface area contributed by atoms with Gasteiger partial charge in [0.05, 0.1) is 13.0 Å². The first-order valence-corrected chi connectivity index (χ1v) is 10.3. The fourth-order valence-corrected chi connectivity index (χ4v) is 3.76. The third-order valence-corrected chi connectivity index (χ3v) is 5.28. The number of hydrogen-bond acceptors (Lipinski definition) is 6. The summed E-state index contributed by atoms with van der Waals surface area (Å²) in [5.41, 5.74) is 5.96. The van der Waals surface area contributed by atoms with Crippen LogP contribution in [0.3, 0.4) is 0 Å². The van der Waals surface area contributed by atoms with Crippen molar-refractivity contribution in [1.29, 1.82) is 0 Å². The van der Waals surface area contributed by atoms with Crippen molar-refractivity contribution in [3.8, 4) is 11.5 Å². The Labute approximate surface area is 181 Å². The van der Waals surface area contributed by atoms with Gasteiger partial charge in [0, 0.05) is 36.1 Å². The molecule has 0 aromatic heterocycles. The summed E-state index contributed by atoms with van der Waals surface area (Å²) in [6.45, 7) is 0.968. The molecule has 0 radical (unpaired) electrons. The third kappa shape index (κ3) is 6.34. The lowest BCUT2D eigenvalue weighted by molar-refractivity contribution is -0.117. The molecule has 0 bridgehead atoms.